The number of nitrogens with zero attached hydrogens (tertiary/aromatic N) is 2. The Labute approximate surface area is 151 Å². The van der Waals surface area contributed by atoms with Gasteiger partial charge < -0.3 is 15.5 Å². The molecule has 2 N–H and O–H groups in total. The molecule has 1 fully saturated rings. The van der Waals surface area contributed by atoms with E-state index in [2.05, 4.69) is 58.9 Å². The predicted octanol–water partition coefficient (Wildman–Crippen LogP) is 3.37. The molecule has 0 saturated heterocycles. The summed E-state index contributed by atoms with van der Waals surface area (Å²) in [6, 6.07) is 9.20. The second-order valence-electron chi connectivity index (χ2n) is 5.97. The molecule has 0 aliphatic heterocycles. The van der Waals surface area contributed by atoms with Gasteiger partial charge in [-0.3, -0.25) is 4.99 Å². The third kappa shape index (κ3) is 6.02. The quantitative estimate of drug-likeness (QED) is 0.449. The molecule has 0 aromatic heterocycles. The highest BCUT2D eigenvalue weighted by atomic mass is 127. The van der Waals surface area contributed by atoms with Crippen molar-refractivity contribution in [2.45, 2.75) is 44.7 Å². The van der Waals surface area contributed by atoms with Crippen LogP contribution in [0.25, 0.3) is 0 Å². The Kier molecular flexibility index (Phi) is 8.60. The molecule has 1 aromatic rings. The monoisotopic (exact) mass is 416 g/mol. The van der Waals surface area contributed by atoms with Gasteiger partial charge in [0, 0.05) is 39.4 Å². The van der Waals surface area contributed by atoms with Gasteiger partial charge in [-0.1, -0.05) is 31.4 Å². The Hall–Kier alpha value is -0.980. The summed E-state index contributed by atoms with van der Waals surface area (Å²) in [6.07, 6.45) is 6.57. The van der Waals surface area contributed by atoms with Gasteiger partial charge >= 0.3 is 0 Å². The van der Waals surface area contributed by atoms with E-state index in [1.54, 1.807) is 0 Å². The van der Waals surface area contributed by atoms with Gasteiger partial charge in [-0.25, -0.2) is 0 Å². The first-order chi connectivity index (χ1) is 10.2. The molecule has 0 amide bonds. The zero-order valence-electron chi connectivity index (χ0n) is 13.9. The van der Waals surface area contributed by atoms with Crippen molar-refractivity contribution >= 4 is 35.6 Å². The van der Waals surface area contributed by atoms with E-state index in [9.17, 15) is 0 Å². The summed E-state index contributed by atoms with van der Waals surface area (Å²) in [5.74, 6) is 0.915. The van der Waals surface area contributed by atoms with Gasteiger partial charge in [0.05, 0.1) is 0 Å². The van der Waals surface area contributed by atoms with Crippen LogP contribution < -0.4 is 15.5 Å². The van der Waals surface area contributed by atoms with E-state index >= 15 is 0 Å². The fourth-order valence-electron chi connectivity index (χ4n) is 2.73. The highest BCUT2D eigenvalue weighted by molar-refractivity contribution is 14.0. The predicted molar refractivity (Wildman–Crippen MR) is 106 cm³/mol. The molecule has 22 heavy (non-hydrogen) atoms. The number of rotatable bonds is 4. The summed E-state index contributed by atoms with van der Waals surface area (Å²) in [7, 11) is 5.96. The summed E-state index contributed by atoms with van der Waals surface area (Å²) in [5, 5.41) is 6.94. The van der Waals surface area contributed by atoms with Crippen LogP contribution in [0.2, 0.25) is 0 Å². The van der Waals surface area contributed by atoms with Gasteiger partial charge in [0.25, 0.3) is 0 Å². The highest BCUT2D eigenvalue weighted by Crippen LogP contribution is 2.17. The minimum Gasteiger partial charge on any atom is -0.378 e. The lowest BCUT2D eigenvalue weighted by molar-refractivity contribution is 0.410. The topological polar surface area (TPSA) is 39.7 Å². The minimum atomic E-state index is 0. The Morgan fingerprint density at radius 2 is 1.77 bits per heavy atom. The molecule has 1 aliphatic rings. The number of benzene rings is 1. The molecule has 5 heteroatoms. The summed E-state index contributed by atoms with van der Waals surface area (Å²) < 4.78 is 0. The Morgan fingerprint density at radius 3 is 2.32 bits per heavy atom. The van der Waals surface area contributed by atoms with Crippen molar-refractivity contribution in [2.75, 3.05) is 26.0 Å². The maximum atomic E-state index is 4.33. The summed E-state index contributed by atoms with van der Waals surface area (Å²) in [6.45, 7) is 0.806. The Morgan fingerprint density at radius 1 is 1.14 bits per heavy atom. The third-order valence-corrected chi connectivity index (χ3v) is 4.08. The lowest BCUT2D eigenvalue weighted by Crippen LogP contribution is -2.43. The van der Waals surface area contributed by atoms with Gasteiger partial charge in [0.2, 0.25) is 0 Å². The summed E-state index contributed by atoms with van der Waals surface area (Å²) >= 11 is 0. The van der Waals surface area contributed by atoms with E-state index in [0.29, 0.717) is 6.04 Å². The zero-order chi connectivity index (χ0) is 15.1. The van der Waals surface area contributed by atoms with Crippen molar-refractivity contribution in [1.82, 2.24) is 10.6 Å². The van der Waals surface area contributed by atoms with Gasteiger partial charge in [0.1, 0.15) is 0 Å². The molecule has 2 rings (SSSR count). The van der Waals surface area contributed by atoms with E-state index < -0.39 is 0 Å². The average molecular weight is 416 g/mol. The molecule has 1 saturated carbocycles. The lowest BCUT2D eigenvalue weighted by atomic mass is 9.96. The first-order valence-electron chi connectivity index (χ1n) is 7.92. The van der Waals surface area contributed by atoms with Crippen molar-refractivity contribution in [3.8, 4) is 0 Å². The van der Waals surface area contributed by atoms with Crippen LogP contribution in [0.1, 0.15) is 37.7 Å². The van der Waals surface area contributed by atoms with Gasteiger partial charge in [-0.15, -0.1) is 24.0 Å². The van der Waals surface area contributed by atoms with Crippen LogP contribution in [-0.4, -0.2) is 33.1 Å². The molecule has 0 heterocycles. The number of hydrogen-bond donors (Lipinski definition) is 2. The van der Waals surface area contributed by atoms with Crippen molar-refractivity contribution in [2.24, 2.45) is 4.99 Å². The standard InChI is InChI=1S/C17H28N4.HI/c1-18-17(20-15-7-5-4-6-8-15)19-13-14-9-11-16(12-10-14)21(2)3;/h9-12,15H,4-8,13H2,1-3H3,(H2,18,19,20);1H. The molecule has 0 bridgehead atoms. The van der Waals surface area contributed by atoms with Crippen molar-refractivity contribution in [3.63, 3.8) is 0 Å². The molecule has 1 aliphatic carbocycles. The van der Waals surface area contributed by atoms with E-state index in [4.69, 9.17) is 0 Å². The smallest absolute Gasteiger partial charge is 0.191 e. The zero-order valence-corrected chi connectivity index (χ0v) is 16.3. The van der Waals surface area contributed by atoms with Gasteiger partial charge in [-0.05, 0) is 30.5 Å². The molecule has 1 aromatic carbocycles. The van der Waals surface area contributed by atoms with Crippen LogP contribution in [0.3, 0.4) is 0 Å². The largest absolute Gasteiger partial charge is 0.378 e. The van der Waals surface area contributed by atoms with Crippen molar-refractivity contribution in [3.05, 3.63) is 29.8 Å². The molecule has 0 spiro atoms. The van der Waals surface area contributed by atoms with Crippen LogP contribution >= 0.6 is 24.0 Å². The maximum Gasteiger partial charge on any atom is 0.191 e. The van der Waals surface area contributed by atoms with E-state index in [1.807, 2.05) is 7.05 Å². The number of nitrogens with one attached hydrogen (secondary N) is 2. The number of hydrogen-bond acceptors (Lipinski definition) is 2. The Balaban J connectivity index is 0.00000242. The second-order valence-corrected chi connectivity index (χ2v) is 5.97. The minimum absolute atomic E-state index is 0. The molecule has 0 radical (unpaired) electrons. The molecular formula is C17H29IN4. The molecule has 0 unspecified atom stereocenters. The van der Waals surface area contributed by atoms with Crippen molar-refractivity contribution < 1.29 is 0 Å². The first-order valence-corrected chi connectivity index (χ1v) is 7.92. The number of aliphatic imine (C=N–C) groups is 1. The molecule has 124 valence electrons. The molecular weight excluding hydrogens is 387 g/mol. The second kappa shape index (κ2) is 9.92. The van der Waals surface area contributed by atoms with Crippen LogP contribution in [0.4, 0.5) is 5.69 Å². The number of guanidine groups is 1. The normalized spacial score (nSPS) is 15.9. The van der Waals surface area contributed by atoms with E-state index in [0.717, 1.165) is 12.5 Å². The van der Waals surface area contributed by atoms with Gasteiger partial charge in [0.15, 0.2) is 5.96 Å². The van der Waals surface area contributed by atoms with E-state index in [1.165, 1.54) is 43.4 Å². The third-order valence-electron chi connectivity index (χ3n) is 4.08. The number of anilines is 1. The van der Waals surface area contributed by atoms with Crippen LogP contribution in [0.5, 0.6) is 0 Å². The highest BCUT2D eigenvalue weighted by Gasteiger charge is 2.14. The average Bonchev–Trinajstić information content (AvgIpc) is 2.52. The van der Waals surface area contributed by atoms with Crippen LogP contribution in [0, 0.1) is 0 Å². The molecule has 0 atom stereocenters. The maximum absolute atomic E-state index is 4.33. The number of halogens is 1. The van der Waals surface area contributed by atoms with Crippen LogP contribution in [0.15, 0.2) is 29.3 Å². The SMILES string of the molecule is CN=C(NCc1ccc(N(C)C)cc1)NC1CCCCC1.I. The van der Waals surface area contributed by atoms with Crippen LogP contribution in [-0.2, 0) is 6.54 Å². The Bertz CT molecular complexity index is 450. The summed E-state index contributed by atoms with van der Waals surface area (Å²) in [5.41, 5.74) is 2.50. The molecule has 4 nitrogen and oxygen atoms in total. The lowest BCUT2D eigenvalue weighted by Gasteiger charge is -2.25. The fourth-order valence-corrected chi connectivity index (χ4v) is 2.73. The fraction of sp³-hybridized carbons (Fsp3) is 0.588. The first kappa shape index (κ1) is 19.1. The van der Waals surface area contributed by atoms with Gasteiger partial charge in [-0.2, -0.15) is 0 Å². The van der Waals surface area contributed by atoms with Crippen molar-refractivity contribution in [1.29, 1.82) is 0 Å². The summed E-state index contributed by atoms with van der Waals surface area (Å²) in [4.78, 5) is 6.44. The van der Waals surface area contributed by atoms with E-state index in [-0.39, 0.29) is 24.0 Å².